The molecule has 3 aromatic rings. The first-order chi connectivity index (χ1) is 18.7. The number of nitrogens with one attached hydrogen (secondary N) is 1. The van der Waals surface area contributed by atoms with E-state index in [9.17, 15) is 9.90 Å². The molecule has 2 N–H and O–H groups in total. The third-order valence-corrected chi connectivity index (χ3v) is 8.31. The molecule has 1 amide bonds. The van der Waals surface area contributed by atoms with E-state index < -0.39 is 18.0 Å². The van der Waals surface area contributed by atoms with Crippen LogP contribution in [0.25, 0.3) is 22.3 Å². The highest BCUT2D eigenvalue weighted by molar-refractivity contribution is 6.33. The monoisotopic (exact) mass is 558 g/mol. The van der Waals surface area contributed by atoms with Gasteiger partial charge in [-0.3, -0.25) is 4.90 Å². The number of anilines is 1. The van der Waals surface area contributed by atoms with E-state index in [0.717, 1.165) is 19.3 Å². The number of nitrogens with zero attached hydrogens (tertiary/aromatic N) is 5. The number of imidazole rings is 1. The Morgan fingerprint density at radius 2 is 2.10 bits per heavy atom. The zero-order valence-electron chi connectivity index (χ0n) is 22.1. The molecule has 2 bridgehead atoms. The number of amides is 1. The molecule has 3 aliphatic heterocycles. The molecule has 0 spiro atoms. The molecule has 3 aliphatic rings. The number of rotatable bonds is 5. The smallest absolute Gasteiger partial charge is 0.410 e. The van der Waals surface area contributed by atoms with Crippen molar-refractivity contribution >= 4 is 34.7 Å². The third-order valence-electron chi connectivity index (χ3n) is 8.03. The van der Waals surface area contributed by atoms with Crippen LogP contribution >= 0.6 is 11.6 Å². The molecule has 0 radical (unpaired) electrons. The second-order valence-electron chi connectivity index (χ2n) is 10.8. The van der Waals surface area contributed by atoms with Crippen LogP contribution in [-0.2, 0) is 9.47 Å². The molecule has 0 saturated carbocycles. The Bertz CT molecular complexity index is 1420. The van der Waals surface area contributed by atoms with Crippen molar-refractivity contribution in [3.8, 4) is 11.3 Å². The molecule has 208 valence electrons. The normalized spacial score (nSPS) is 26.5. The minimum atomic E-state index is -0.667. The Labute approximate surface area is 230 Å². The lowest BCUT2D eigenvalue weighted by atomic mass is 10.0. The summed E-state index contributed by atoms with van der Waals surface area (Å²) in [5.74, 6) is 0.419. The van der Waals surface area contributed by atoms with Crippen LogP contribution in [-0.4, -0.2) is 73.6 Å². The van der Waals surface area contributed by atoms with Crippen molar-refractivity contribution in [1.29, 1.82) is 0 Å². The van der Waals surface area contributed by atoms with Crippen molar-refractivity contribution in [2.45, 2.75) is 82.4 Å². The van der Waals surface area contributed by atoms with Gasteiger partial charge in [0.25, 0.3) is 0 Å². The van der Waals surface area contributed by atoms with Gasteiger partial charge in [0.1, 0.15) is 17.4 Å². The number of carbonyl (C=O) groups excluding carboxylic acids is 1. The number of aliphatic hydroxyl groups excluding tert-OH is 1. The highest BCUT2D eigenvalue weighted by atomic mass is 35.5. The number of hydrogen-bond acceptors (Lipinski definition) is 8. The van der Waals surface area contributed by atoms with Crippen molar-refractivity contribution in [3.63, 3.8) is 0 Å². The minimum absolute atomic E-state index is 0.0526. The number of aliphatic hydroxyl groups is 1. The maximum Gasteiger partial charge on any atom is 0.410 e. The van der Waals surface area contributed by atoms with Crippen molar-refractivity contribution < 1.29 is 23.8 Å². The van der Waals surface area contributed by atoms with Gasteiger partial charge in [0.2, 0.25) is 5.95 Å². The van der Waals surface area contributed by atoms with Crippen molar-refractivity contribution in [3.05, 3.63) is 35.0 Å². The first-order valence-corrected chi connectivity index (χ1v) is 13.8. The summed E-state index contributed by atoms with van der Waals surface area (Å²) in [5.41, 5.74) is 1.66. The quantitative estimate of drug-likeness (QED) is 0.456. The van der Waals surface area contributed by atoms with Crippen LogP contribution in [0.1, 0.15) is 63.9 Å². The maximum atomic E-state index is 15.6. The Morgan fingerprint density at radius 1 is 1.28 bits per heavy atom. The molecular formula is C27H32ClFN6O4. The van der Waals surface area contributed by atoms with Gasteiger partial charge in [-0.05, 0) is 58.1 Å². The fourth-order valence-corrected chi connectivity index (χ4v) is 6.45. The van der Waals surface area contributed by atoms with E-state index in [-0.39, 0.29) is 40.9 Å². The van der Waals surface area contributed by atoms with Gasteiger partial charge in [-0.25, -0.2) is 24.1 Å². The summed E-state index contributed by atoms with van der Waals surface area (Å²) in [7, 11) is 1.36. The predicted molar refractivity (Wildman–Crippen MR) is 143 cm³/mol. The topological polar surface area (TPSA) is 115 Å². The minimum Gasteiger partial charge on any atom is -0.453 e. The van der Waals surface area contributed by atoms with E-state index in [0.29, 0.717) is 47.9 Å². The van der Waals surface area contributed by atoms with Crippen LogP contribution in [0.3, 0.4) is 0 Å². The van der Waals surface area contributed by atoms with Gasteiger partial charge >= 0.3 is 6.09 Å². The molecule has 2 aromatic heterocycles. The standard InChI is InChI=1S/C27H32ClFN6O4/c1-13(2)35-20-10-14(9-17(29)23(20)32-25(35)19-5-4-8-34(19)27(37)38-3)22-16(28)12-30-26(33-22)31-18-11-15-6-7-21(39-15)24(18)36/h9-10,12-13,15,18-19,21,24,36H,4-8,11H2,1-3H3,(H,30,31,33)/t15-,18-,19+,21+,24+/m1/s1. The molecule has 6 rings (SSSR count). The number of hydrogen-bond donors (Lipinski definition) is 2. The van der Waals surface area contributed by atoms with Crippen molar-refractivity contribution in [1.82, 2.24) is 24.4 Å². The van der Waals surface area contributed by atoms with Crippen molar-refractivity contribution in [2.24, 2.45) is 0 Å². The van der Waals surface area contributed by atoms with E-state index in [1.165, 1.54) is 19.4 Å². The Morgan fingerprint density at radius 3 is 2.87 bits per heavy atom. The van der Waals surface area contributed by atoms with E-state index >= 15 is 4.39 Å². The summed E-state index contributed by atoms with van der Waals surface area (Å²) in [6.07, 6.45) is 4.25. The molecule has 5 heterocycles. The first-order valence-electron chi connectivity index (χ1n) is 13.4. The average molecular weight is 559 g/mol. The number of aromatic nitrogens is 4. The molecule has 3 fully saturated rings. The molecule has 39 heavy (non-hydrogen) atoms. The molecule has 3 saturated heterocycles. The number of halogens is 2. The number of ether oxygens (including phenoxy) is 2. The van der Waals surface area contributed by atoms with Gasteiger partial charge in [0, 0.05) is 18.2 Å². The molecule has 0 unspecified atom stereocenters. The Hall–Kier alpha value is -3.02. The Balaban J connectivity index is 1.38. The van der Waals surface area contributed by atoms with Crippen molar-refractivity contribution in [2.75, 3.05) is 19.0 Å². The fraction of sp³-hybridized carbons (Fsp3) is 0.556. The molecule has 0 aliphatic carbocycles. The van der Waals surface area contributed by atoms with Gasteiger partial charge in [0.15, 0.2) is 5.82 Å². The van der Waals surface area contributed by atoms with Gasteiger partial charge in [-0.2, -0.15) is 0 Å². The molecular weight excluding hydrogens is 527 g/mol. The lowest BCUT2D eigenvalue weighted by Gasteiger charge is -2.33. The molecule has 12 heteroatoms. The van der Waals surface area contributed by atoms with Gasteiger partial charge in [-0.15, -0.1) is 0 Å². The zero-order chi connectivity index (χ0) is 27.4. The van der Waals surface area contributed by atoms with Crippen LogP contribution in [0.2, 0.25) is 5.02 Å². The number of carbonyl (C=O) groups is 1. The van der Waals surface area contributed by atoms with Crippen LogP contribution in [0.5, 0.6) is 0 Å². The SMILES string of the molecule is COC(=O)N1CCC[C@H]1c1nc2c(F)cc(-c3nc(N[C@@H]4C[C@H]5CC[C@H](O5)[C@H]4O)ncc3Cl)cc2n1C(C)C. The number of likely N-dealkylation sites (tertiary alicyclic amines) is 1. The summed E-state index contributed by atoms with van der Waals surface area (Å²) >= 11 is 6.52. The van der Waals surface area contributed by atoms with E-state index in [4.69, 9.17) is 21.1 Å². The van der Waals surface area contributed by atoms with Crippen LogP contribution in [0.15, 0.2) is 18.3 Å². The summed E-state index contributed by atoms with van der Waals surface area (Å²) in [4.78, 5) is 27.7. The van der Waals surface area contributed by atoms with E-state index in [2.05, 4.69) is 20.3 Å². The van der Waals surface area contributed by atoms with Gasteiger partial charge in [-0.1, -0.05) is 11.6 Å². The van der Waals surface area contributed by atoms with Gasteiger partial charge < -0.3 is 24.5 Å². The summed E-state index contributed by atoms with van der Waals surface area (Å²) in [6, 6.07) is 2.59. The van der Waals surface area contributed by atoms with Crippen LogP contribution < -0.4 is 5.32 Å². The molecule has 10 nitrogen and oxygen atoms in total. The first kappa shape index (κ1) is 26.2. The zero-order valence-corrected chi connectivity index (χ0v) is 22.9. The highest BCUT2D eigenvalue weighted by Crippen LogP contribution is 2.39. The lowest BCUT2D eigenvalue weighted by Crippen LogP contribution is -2.47. The highest BCUT2D eigenvalue weighted by Gasteiger charge is 2.42. The number of fused-ring (bicyclic) bond motifs is 3. The maximum absolute atomic E-state index is 15.6. The second-order valence-corrected chi connectivity index (χ2v) is 11.2. The van der Waals surface area contributed by atoms with E-state index in [1.54, 1.807) is 4.90 Å². The van der Waals surface area contributed by atoms with E-state index in [1.807, 2.05) is 24.5 Å². The summed E-state index contributed by atoms with van der Waals surface area (Å²) in [5, 5.41) is 14.2. The number of methoxy groups -OCH3 is 1. The number of benzene rings is 1. The lowest BCUT2D eigenvalue weighted by molar-refractivity contribution is -0.0811. The largest absolute Gasteiger partial charge is 0.453 e. The summed E-state index contributed by atoms with van der Waals surface area (Å²) in [6.45, 7) is 4.55. The molecule has 1 aromatic carbocycles. The Kier molecular flexibility index (Phi) is 6.84. The van der Waals surface area contributed by atoms with Crippen LogP contribution in [0, 0.1) is 5.82 Å². The average Bonchev–Trinajstić information content (AvgIpc) is 3.64. The summed E-state index contributed by atoms with van der Waals surface area (Å²) < 4.78 is 28.4. The fourth-order valence-electron chi connectivity index (χ4n) is 6.25. The second kappa shape index (κ2) is 10.2. The van der Waals surface area contributed by atoms with Crippen LogP contribution in [0.4, 0.5) is 15.1 Å². The van der Waals surface area contributed by atoms with Gasteiger partial charge in [0.05, 0.1) is 53.8 Å². The predicted octanol–water partition coefficient (Wildman–Crippen LogP) is 4.86. The third kappa shape index (κ3) is 4.60. The molecule has 5 atom stereocenters.